The summed E-state index contributed by atoms with van der Waals surface area (Å²) in [7, 11) is 0. The first-order valence-corrected chi connectivity index (χ1v) is 9.07. The van der Waals surface area contributed by atoms with Crippen molar-refractivity contribution in [3.63, 3.8) is 0 Å². The van der Waals surface area contributed by atoms with E-state index < -0.39 is 17.6 Å². The van der Waals surface area contributed by atoms with E-state index >= 15 is 0 Å². The number of amides is 2. The third-order valence-corrected chi connectivity index (χ3v) is 4.88. The predicted molar refractivity (Wildman–Crippen MR) is 101 cm³/mol. The van der Waals surface area contributed by atoms with Crippen molar-refractivity contribution in [2.24, 2.45) is 5.73 Å². The maximum Gasteiger partial charge on any atom is 0.414 e. The number of nitrogens with one attached hydrogen (secondary N) is 1. The van der Waals surface area contributed by atoms with Crippen molar-refractivity contribution >= 4 is 34.7 Å². The fourth-order valence-corrected chi connectivity index (χ4v) is 3.79. The van der Waals surface area contributed by atoms with Crippen molar-refractivity contribution in [1.29, 1.82) is 0 Å². The number of aromatic nitrogens is 2. The van der Waals surface area contributed by atoms with Crippen LogP contribution in [0.1, 0.15) is 36.9 Å². The first-order valence-electron chi connectivity index (χ1n) is 8.25. The Hall–Kier alpha value is -2.68. The number of ether oxygens (including phenoxy) is 1. The number of carbonyl (C=O) groups is 2. The van der Waals surface area contributed by atoms with Crippen molar-refractivity contribution in [3.05, 3.63) is 23.5 Å². The molecule has 26 heavy (non-hydrogen) atoms. The summed E-state index contributed by atoms with van der Waals surface area (Å²) >= 11 is 1.21. The highest BCUT2D eigenvalue weighted by atomic mass is 32.1. The molecule has 3 N–H and O–H groups in total. The highest BCUT2D eigenvalue weighted by Gasteiger charge is 2.33. The van der Waals surface area contributed by atoms with Crippen LogP contribution < -0.4 is 16.0 Å². The molecule has 1 aliphatic heterocycles. The fraction of sp³-hybridized carbons (Fsp3) is 0.412. The minimum atomic E-state index is -0.630. The van der Waals surface area contributed by atoms with Gasteiger partial charge in [-0.05, 0) is 33.3 Å². The summed E-state index contributed by atoms with van der Waals surface area (Å²) in [5.41, 5.74) is 6.69. The molecule has 0 aliphatic carbocycles. The highest BCUT2D eigenvalue weighted by molar-refractivity contribution is 7.18. The SMILES string of the molecule is CC(C)(C)OC(=O)N1CCCNc2c(C(N)=O)sc(-c3ccncn3)c21. The van der Waals surface area contributed by atoms with E-state index in [0.717, 1.165) is 0 Å². The number of thiophene rings is 1. The molecular weight excluding hydrogens is 354 g/mol. The summed E-state index contributed by atoms with van der Waals surface area (Å²) in [5.74, 6) is -0.551. The molecule has 0 atom stereocenters. The van der Waals surface area contributed by atoms with E-state index in [9.17, 15) is 9.59 Å². The van der Waals surface area contributed by atoms with Gasteiger partial charge in [0, 0.05) is 19.3 Å². The minimum Gasteiger partial charge on any atom is -0.443 e. The van der Waals surface area contributed by atoms with Crippen molar-refractivity contribution in [2.45, 2.75) is 32.8 Å². The van der Waals surface area contributed by atoms with Gasteiger partial charge in [-0.3, -0.25) is 9.69 Å². The second-order valence-corrected chi connectivity index (χ2v) is 7.88. The van der Waals surface area contributed by atoms with Gasteiger partial charge >= 0.3 is 6.09 Å². The van der Waals surface area contributed by atoms with Gasteiger partial charge in [-0.15, -0.1) is 11.3 Å². The lowest BCUT2D eigenvalue weighted by Crippen LogP contribution is -2.37. The van der Waals surface area contributed by atoms with Gasteiger partial charge in [-0.25, -0.2) is 14.8 Å². The molecule has 0 unspecified atom stereocenters. The number of hydrogen-bond acceptors (Lipinski definition) is 7. The molecule has 0 aromatic carbocycles. The van der Waals surface area contributed by atoms with Crippen LogP contribution in [0.25, 0.3) is 10.6 Å². The smallest absolute Gasteiger partial charge is 0.414 e. The summed E-state index contributed by atoms with van der Waals surface area (Å²) in [6, 6.07) is 1.73. The van der Waals surface area contributed by atoms with Crippen LogP contribution in [0.4, 0.5) is 16.2 Å². The summed E-state index contributed by atoms with van der Waals surface area (Å²) in [5, 5.41) is 3.23. The Bertz CT molecular complexity index is 829. The number of nitrogens with zero attached hydrogens (tertiary/aromatic N) is 3. The molecule has 9 heteroatoms. The van der Waals surface area contributed by atoms with Crippen LogP contribution in [0, 0.1) is 0 Å². The van der Waals surface area contributed by atoms with Crippen molar-refractivity contribution in [1.82, 2.24) is 9.97 Å². The Labute approximate surface area is 155 Å². The first kappa shape index (κ1) is 18.1. The zero-order chi connectivity index (χ0) is 18.9. The van der Waals surface area contributed by atoms with Crippen LogP contribution in [0.2, 0.25) is 0 Å². The maximum atomic E-state index is 12.8. The van der Waals surface area contributed by atoms with Crippen LogP contribution >= 0.6 is 11.3 Å². The van der Waals surface area contributed by atoms with Crippen LogP contribution in [-0.4, -0.2) is 40.7 Å². The Morgan fingerprint density at radius 3 is 2.77 bits per heavy atom. The normalized spacial score (nSPS) is 14.2. The quantitative estimate of drug-likeness (QED) is 0.835. The molecule has 0 saturated heterocycles. The van der Waals surface area contributed by atoms with E-state index in [-0.39, 0.29) is 0 Å². The average Bonchev–Trinajstić information content (AvgIpc) is 2.80. The average molecular weight is 375 g/mol. The van der Waals surface area contributed by atoms with E-state index in [1.165, 1.54) is 17.7 Å². The summed E-state index contributed by atoms with van der Waals surface area (Å²) < 4.78 is 5.57. The van der Waals surface area contributed by atoms with E-state index in [0.29, 0.717) is 46.3 Å². The fourth-order valence-electron chi connectivity index (χ4n) is 2.68. The van der Waals surface area contributed by atoms with Gasteiger partial charge in [0.15, 0.2) is 0 Å². The van der Waals surface area contributed by atoms with Gasteiger partial charge in [0.25, 0.3) is 5.91 Å². The molecule has 8 nitrogen and oxygen atoms in total. The van der Waals surface area contributed by atoms with Gasteiger partial charge in [0.05, 0.1) is 21.9 Å². The van der Waals surface area contributed by atoms with E-state index in [1.807, 2.05) is 20.8 Å². The standard InChI is InChI=1S/C17H21N5O3S/c1-17(2,3)25-16(24)22-8-4-6-20-11-12(22)13(26-14(11)15(18)23)10-5-7-19-9-21-10/h5,7,9,20H,4,6,8H2,1-3H3,(H2,18,23). The molecule has 0 saturated carbocycles. The van der Waals surface area contributed by atoms with Crippen molar-refractivity contribution in [3.8, 4) is 10.6 Å². The van der Waals surface area contributed by atoms with E-state index in [2.05, 4.69) is 15.3 Å². The third-order valence-electron chi connectivity index (χ3n) is 3.67. The van der Waals surface area contributed by atoms with Gasteiger partial charge in [-0.2, -0.15) is 0 Å². The number of nitrogens with two attached hydrogens (primary N) is 1. The lowest BCUT2D eigenvalue weighted by atomic mass is 10.2. The van der Waals surface area contributed by atoms with Crippen LogP contribution in [0.3, 0.4) is 0 Å². The topological polar surface area (TPSA) is 110 Å². The molecule has 2 aromatic heterocycles. The number of fused-ring (bicyclic) bond motifs is 1. The Kier molecular flexibility index (Phi) is 4.82. The number of hydrogen-bond donors (Lipinski definition) is 2. The minimum absolute atomic E-state index is 0.365. The lowest BCUT2D eigenvalue weighted by molar-refractivity contribution is 0.0581. The van der Waals surface area contributed by atoms with Crippen molar-refractivity contribution in [2.75, 3.05) is 23.3 Å². The molecule has 138 valence electrons. The molecule has 2 amide bonds. The van der Waals surface area contributed by atoms with Crippen LogP contribution in [0.15, 0.2) is 18.6 Å². The van der Waals surface area contributed by atoms with Gasteiger partial charge in [0.2, 0.25) is 0 Å². The number of carbonyl (C=O) groups excluding carboxylic acids is 2. The largest absolute Gasteiger partial charge is 0.443 e. The molecule has 0 radical (unpaired) electrons. The van der Waals surface area contributed by atoms with Crippen LogP contribution in [-0.2, 0) is 4.74 Å². The monoisotopic (exact) mass is 375 g/mol. The molecule has 0 spiro atoms. The van der Waals surface area contributed by atoms with Gasteiger partial charge < -0.3 is 15.8 Å². The summed E-state index contributed by atoms with van der Waals surface area (Å²) in [6.07, 6.45) is 3.28. The zero-order valence-electron chi connectivity index (χ0n) is 14.9. The lowest BCUT2D eigenvalue weighted by Gasteiger charge is -2.27. The third kappa shape index (κ3) is 3.62. The number of rotatable bonds is 2. The summed E-state index contributed by atoms with van der Waals surface area (Å²) in [6.45, 7) is 6.52. The van der Waals surface area contributed by atoms with E-state index in [1.54, 1.807) is 17.2 Å². The molecular formula is C17H21N5O3S. The first-order chi connectivity index (χ1) is 12.3. The van der Waals surface area contributed by atoms with Gasteiger partial charge in [-0.1, -0.05) is 0 Å². The molecule has 2 aromatic rings. The maximum absolute atomic E-state index is 12.8. The molecule has 1 aliphatic rings. The highest BCUT2D eigenvalue weighted by Crippen LogP contribution is 2.47. The predicted octanol–water partition coefficient (Wildman–Crippen LogP) is 2.86. The van der Waals surface area contributed by atoms with E-state index in [4.69, 9.17) is 10.5 Å². The Morgan fingerprint density at radius 2 is 2.15 bits per heavy atom. The molecule has 0 fully saturated rings. The number of primary amides is 1. The summed E-state index contributed by atoms with van der Waals surface area (Å²) in [4.78, 5) is 35.6. The Morgan fingerprint density at radius 1 is 1.38 bits per heavy atom. The van der Waals surface area contributed by atoms with Crippen LogP contribution in [0.5, 0.6) is 0 Å². The molecule has 3 heterocycles. The molecule has 0 bridgehead atoms. The molecule has 3 rings (SSSR count). The second kappa shape index (κ2) is 6.91. The van der Waals surface area contributed by atoms with Gasteiger partial charge in [0.1, 0.15) is 16.8 Å². The zero-order valence-corrected chi connectivity index (χ0v) is 15.7. The Balaban J connectivity index is 2.16. The van der Waals surface area contributed by atoms with Crippen molar-refractivity contribution < 1.29 is 14.3 Å². The number of anilines is 2. The second-order valence-electron chi connectivity index (χ2n) is 6.86.